The monoisotopic (exact) mass is 1000 g/mol. The molecule has 12 rings (SSSR count). The van der Waals surface area contributed by atoms with Crippen LogP contribution in [0.15, 0.2) is 194 Å². The minimum absolute atomic E-state index is 0. The number of ether oxygens (including phenoxy) is 1. The number of hydrogen-bond acceptors (Lipinski definition) is 5. The van der Waals surface area contributed by atoms with Crippen LogP contribution in [0.3, 0.4) is 0 Å². The second-order valence-corrected chi connectivity index (χ2v) is 14.9. The van der Waals surface area contributed by atoms with E-state index in [0.29, 0.717) is 45.5 Å². The number of hydrogen-bond donors (Lipinski definition) is 0. The van der Waals surface area contributed by atoms with E-state index in [4.69, 9.17) is 24.7 Å². The van der Waals surface area contributed by atoms with Gasteiger partial charge in [0, 0.05) is 22.9 Å². The van der Waals surface area contributed by atoms with Crippen LogP contribution in [0.4, 0.5) is 0 Å². The van der Waals surface area contributed by atoms with Gasteiger partial charge in [-0.3, -0.25) is 19.1 Å². The van der Waals surface area contributed by atoms with Crippen molar-refractivity contribution in [1.29, 1.82) is 0 Å². The van der Waals surface area contributed by atoms with Crippen molar-refractivity contribution in [1.82, 2.24) is 29.1 Å². The maximum absolute atomic E-state index is 6.55. The van der Waals surface area contributed by atoms with E-state index in [2.05, 4.69) is 73.3 Å². The van der Waals surface area contributed by atoms with E-state index in [1.54, 1.807) is 0 Å². The van der Waals surface area contributed by atoms with Crippen LogP contribution in [0.25, 0.3) is 89.7 Å². The van der Waals surface area contributed by atoms with E-state index >= 15 is 0 Å². The zero-order valence-electron chi connectivity index (χ0n) is 33.8. The SMILES string of the molecule is [Pt+4].[c-]1c(Oc2[c-]c(-n3[c-][n+](-c4ccccc4-c4ccccc4)c4nc5ccccc5nc43)ccc2)cccc1-n1[c-][n+](-c2ccccc2-c2ccccc2)c2nc3ccccc3nc21. The van der Waals surface area contributed by atoms with Gasteiger partial charge < -0.3 is 13.9 Å². The normalized spacial score (nSPS) is 11.3. The molecule has 0 unspecified atom stereocenters. The Bertz CT molecular complexity index is 3440. The van der Waals surface area contributed by atoms with Crippen molar-refractivity contribution in [2.45, 2.75) is 0 Å². The molecule has 0 saturated carbocycles. The van der Waals surface area contributed by atoms with Crippen LogP contribution in [-0.4, -0.2) is 29.1 Å². The number of nitrogens with zero attached hydrogens (tertiary/aromatic N) is 8. The van der Waals surface area contributed by atoms with Crippen molar-refractivity contribution in [3.05, 3.63) is 219 Å². The summed E-state index contributed by atoms with van der Waals surface area (Å²) in [5.41, 5.74) is 13.2. The predicted molar refractivity (Wildman–Crippen MR) is 242 cm³/mol. The van der Waals surface area contributed by atoms with Crippen molar-refractivity contribution in [2.75, 3.05) is 0 Å². The third kappa shape index (κ3) is 6.89. The zero-order chi connectivity index (χ0) is 41.7. The number of para-hydroxylation sites is 6. The molecule has 0 radical (unpaired) electrons. The average molecular weight is 1000 g/mol. The third-order valence-electron chi connectivity index (χ3n) is 11.0. The summed E-state index contributed by atoms with van der Waals surface area (Å²) in [4.78, 5) is 20.5. The molecule has 0 bridgehead atoms. The molecule has 0 amide bonds. The quantitative estimate of drug-likeness (QED) is 0.112. The molecule has 8 aromatic carbocycles. The predicted octanol–water partition coefficient (Wildman–Crippen LogP) is 10.3. The Morgan fingerprint density at radius 3 is 1.19 bits per heavy atom. The van der Waals surface area contributed by atoms with Crippen LogP contribution in [0.1, 0.15) is 0 Å². The Hall–Kier alpha value is -8.13. The van der Waals surface area contributed by atoms with Gasteiger partial charge in [-0.15, -0.1) is 34.2 Å². The van der Waals surface area contributed by atoms with Crippen LogP contribution < -0.4 is 13.9 Å². The first-order valence-corrected chi connectivity index (χ1v) is 20.5. The van der Waals surface area contributed by atoms with E-state index in [-0.39, 0.29) is 21.1 Å². The molecule has 302 valence electrons. The van der Waals surface area contributed by atoms with Gasteiger partial charge in [-0.2, -0.15) is 24.3 Å². The van der Waals surface area contributed by atoms with Crippen LogP contribution in [0.5, 0.6) is 11.5 Å². The number of rotatable bonds is 8. The van der Waals surface area contributed by atoms with Crippen LogP contribution in [-0.2, 0) is 21.1 Å². The molecular formula is C54H32N8OPt+2. The van der Waals surface area contributed by atoms with E-state index in [0.717, 1.165) is 55.7 Å². The Labute approximate surface area is 382 Å². The standard InChI is InChI=1S/C54H32N8O.Pt/c1-3-17-37(18-4-1)43-25-7-13-31-49(43)61-35-59(51-53(61)57-47-29-11-9-27-45(47)55-51)39-21-15-23-41(33-39)63-42-24-16-22-40(34-42)60-36-62(54-52(60)56-46-28-10-12-30-48(46)58-54)50-32-14-8-26-44(50)38-19-5-2-6-20-38;/h1-32H;/q-2;+4. The summed E-state index contributed by atoms with van der Waals surface area (Å²) >= 11 is 0. The van der Waals surface area contributed by atoms with Crippen molar-refractivity contribution in [3.8, 4) is 56.5 Å². The summed E-state index contributed by atoms with van der Waals surface area (Å²) in [5.74, 6) is 0.972. The molecule has 0 aliphatic heterocycles. The van der Waals surface area contributed by atoms with Gasteiger partial charge in [0.1, 0.15) is 0 Å². The van der Waals surface area contributed by atoms with Crippen LogP contribution in [0, 0.1) is 24.8 Å². The van der Waals surface area contributed by atoms with Crippen LogP contribution in [0.2, 0.25) is 0 Å². The van der Waals surface area contributed by atoms with Gasteiger partial charge in [0.15, 0.2) is 35.0 Å². The fraction of sp³-hybridized carbons (Fsp3) is 0. The number of aromatic nitrogens is 8. The fourth-order valence-corrected chi connectivity index (χ4v) is 8.06. The molecule has 4 aromatic heterocycles. The fourth-order valence-electron chi connectivity index (χ4n) is 8.06. The molecule has 0 saturated heterocycles. The summed E-state index contributed by atoms with van der Waals surface area (Å²) in [5, 5.41) is 0. The van der Waals surface area contributed by atoms with Crippen molar-refractivity contribution in [3.63, 3.8) is 0 Å². The molecule has 64 heavy (non-hydrogen) atoms. The number of fused-ring (bicyclic) bond motifs is 4. The smallest absolute Gasteiger partial charge is 0.510 e. The first-order valence-electron chi connectivity index (χ1n) is 20.5. The molecule has 0 atom stereocenters. The van der Waals surface area contributed by atoms with Gasteiger partial charge >= 0.3 is 21.1 Å². The van der Waals surface area contributed by atoms with Gasteiger partial charge in [0.05, 0.1) is 11.0 Å². The molecule has 12 aromatic rings. The minimum atomic E-state index is 0. The van der Waals surface area contributed by atoms with E-state index in [9.17, 15) is 0 Å². The Kier molecular flexibility index (Phi) is 9.87. The number of imidazole rings is 2. The Balaban J connectivity index is 0.00000456. The van der Waals surface area contributed by atoms with E-state index in [1.165, 1.54) is 0 Å². The van der Waals surface area contributed by atoms with E-state index in [1.807, 2.05) is 164 Å². The summed E-state index contributed by atoms with van der Waals surface area (Å²) in [7, 11) is 0. The second-order valence-electron chi connectivity index (χ2n) is 14.9. The molecule has 0 fully saturated rings. The van der Waals surface area contributed by atoms with Gasteiger partial charge in [0.2, 0.25) is 11.3 Å². The van der Waals surface area contributed by atoms with Gasteiger partial charge in [-0.05, 0) is 46.5 Å². The number of benzene rings is 8. The Morgan fingerprint density at radius 2 is 0.750 bits per heavy atom. The molecule has 9 nitrogen and oxygen atoms in total. The molecule has 4 heterocycles. The zero-order valence-corrected chi connectivity index (χ0v) is 36.0. The maximum atomic E-state index is 6.55. The van der Waals surface area contributed by atoms with Crippen molar-refractivity contribution < 1.29 is 34.9 Å². The molecule has 0 aliphatic rings. The molecule has 0 N–H and O–H groups in total. The van der Waals surface area contributed by atoms with E-state index < -0.39 is 0 Å². The van der Waals surface area contributed by atoms with Crippen LogP contribution >= 0.6 is 0 Å². The topological polar surface area (TPSA) is 78.4 Å². The summed E-state index contributed by atoms with van der Waals surface area (Å²) < 4.78 is 14.3. The summed E-state index contributed by atoms with van der Waals surface area (Å²) in [6, 6.07) is 71.4. The first kappa shape index (κ1) is 38.8. The third-order valence-corrected chi connectivity index (χ3v) is 11.0. The van der Waals surface area contributed by atoms with Crippen molar-refractivity contribution >= 4 is 44.7 Å². The largest absolute Gasteiger partial charge is 4.00 e. The Morgan fingerprint density at radius 1 is 0.375 bits per heavy atom. The van der Waals surface area contributed by atoms with Gasteiger partial charge in [-0.25, -0.2) is 0 Å². The molecule has 0 aliphatic carbocycles. The first-order chi connectivity index (χ1) is 31.2. The van der Waals surface area contributed by atoms with Gasteiger partial charge in [-0.1, -0.05) is 145 Å². The minimum Gasteiger partial charge on any atom is -0.510 e. The summed E-state index contributed by atoms with van der Waals surface area (Å²) in [6.07, 6.45) is 7.16. The molecule has 0 spiro atoms. The van der Waals surface area contributed by atoms with Crippen molar-refractivity contribution in [2.24, 2.45) is 0 Å². The van der Waals surface area contributed by atoms with Gasteiger partial charge in [0.25, 0.3) is 0 Å². The molecular weight excluding hydrogens is 972 g/mol. The average Bonchev–Trinajstić information content (AvgIpc) is 3.91. The second kappa shape index (κ2) is 16.3. The maximum Gasteiger partial charge on any atom is 4.00 e. The summed E-state index contributed by atoms with van der Waals surface area (Å²) in [6.45, 7) is 0. The molecule has 10 heteroatoms.